The first-order valence-corrected chi connectivity index (χ1v) is 6.55. The molecule has 0 amide bonds. The smallest absolute Gasteiger partial charge is 0.338 e. The fourth-order valence-corrected chi connectivity index (χ4v) is 2.04. The standard InChI is InChI=1S/C17H16O5/c1-20-15-9-13(8-14(10-15)17(19)22-3)11-4-6-12(7-5-11)16(18)21-2/h4-10H,1-3H3. The first kappa shape index (κ1) is 15.6. The molecule has 0 saturated heterocycles. The van der Waals surface area contributed by atoms with E-state index in [-0.39, 0.29) is 0 Å². The highest BCUT2D eigenvalue weighted by atomic mass is 16.5. The average Bonchev–Trinajstić information content (AvgIpc) is 2.59. The quantitative estimate of drug-likeness (QED) is 0.812. The van der Waals surface area contributed by atoms with Gasteiger partial charge in [-0.05, 0) is 41.5 Å². The SMILES string of the molecule is COC(=O)c1ccc(-c2cc(OC)cc(C(=O)OC)c2)cc1. The molecule has 0 aliphatic heterocycles. The van der Waals surface area contributed by atoms with Crippen LogP contribution >= 0.6 is 0 Å². The zero-order valence-electron chi connectivity index (χ0n) is 12.6. The summed E-state index contributed by atoms with van der Waals surface area (Å²) in [7, 11) is 4.19. The molecular formula is C17H16O5. The third-order valence-corrected chi connectivity index (χ3v) is 3.20. The minimum atomic E-state index is -0.439. The molecule has 2 aromatic carbocycles. The molecule has 0 heterocycles. The van der Waals surface area contributed by atoms with Crippen molar-refractivity contribution in [2.45, 2.75) is 0 Å². The molecule has 0 atom stereocenters. The van der Waals surface area contributed by atoms with Gasteiger partial charge in [0, 0.05) is 0 Å². The Kier molecular flexibility index (Phi) is 4.78. The van der Waals surface area contributed by atoms with Gasteiger partial charge in [-0.1, -0.05) is 12.1 Å². The Morgan fingerprint density at radius 1 is 0.727 bits per heavy atom. The second-order valence-corrected chi connectivity index (χ2v) is 4.51. The summed E-state index contributed by atoms with van der Waals surface area (Å²) in [5, 5.41) is 0. The average molecular weight is 300 g/mol. The first-order chi connectivity index (χ1) is 10.6. The Bertz CT molecular complexity index is 689. The Morgan fingerprint density at radius 2 is 1.32 bits per heavy atom. The maximum absolute atomic E-state index is 11.7. The molecule has 0 aliphatic rings. The van der Waals surface area contributed by atoms with Crippen molar-refractivity contribution >= 4 is 11.9 Å². The number of esters is 2. The van der Waals surface area contributed by atoms with E-state index >= 15 is 0 Å². The van der Waals surface area contributed by atoms with Crippen LogP contribution in [0.15, 0.2) is 42.5 Å². The summed E-state index contributed by atoms with van der Waals surface area (Å²) in [4.78, 5) is 23.1. The van der Waals surface area contributed by atoms with Gasteiger partial charge in [0.25, 0.3) is 0 Å². The van der Waals surface area contributed by atoms with E-state index in [2.05, 4.69) is 4.74 Å². The molecule has 0 spiro atoms. The molecule has 0 unspecified atom stereocenters. The van der Waals surface area contributed by atoms with E-state index in [1.165, 1.54) is 21.3 Å². The van der Waals surface area contributed by atoms with Crippen molar-refractivity contribution in [1.29, 1.82) is 0 Å². The summed E-state index contributed by atoms with van der Waals surface area (Å²) in [5.41, 5.74) is 2.49. The molecule has 0 aromatic heterocycles. The molecule has 2 aromatic rings. The summed E-state index contributed by atoms with van der Waals surface area (Å²) in [6.07, 6.45) is 0. The van der Waals surface area contributed by atoms with Gasteiger partial charge >= 0.3 is 11.9 Å². The van der Waals surface area contributed by atoms with Crippen molar-refractivity contribution in [3.63, 3.8) is 0 Å². The lowest BCUT2D eigenvalue weighted by atomic mass is 10.0. The summed E-state index contributed by atoms with van der Waals surface area (Å²) in [6, 6.07) is 12.0. The van der Waals surface area contributed by atoms with Crippen molar-refractivity contribution < 1.29 is 23.8 Å². The van der Waals surface area contributed by atoms with E-state index in [1.807, 2.05) is 0 Å². The predicted molar refractivity (Wildman–Crippen MR) is 81.1 cm³/mol. The lowest BCUT2D eigenvalue weighted by Gasteiger charge is -2.09. The van der Waals surface area contributed by atoms with Crippen LogP contribution in [0.5, 0.6) is 5.75 Å². The van der Waals surface area contributed by atoms with E-state index in [0.29, 0.717) is 16.9 Å². The van der Waals surface area contributed by atoms with Crippen LogP contribution in [0.2, 0.25) is 0 Å². The number of rotatable bonds is 4. The minimum Gasteiger partial charge on any atom is -0.497 e. The number of ether oxygens (including phenoxy) is 3. The zero-order chi connectivity index (χ0) is 16.1. The molecule has 2 rings (SSSR count). The van der Waals surface area contributed by atoms with Crippen molar-refractivity contribution in [2.75, 3.05) is 21.3 Å². The highest BCUT2D eigenvalue weighted by Gasteiger charge is 2.11. The number of benzene rings is 2. The molecule has 114 valence electrons. The number of carbonyl (C=O) groups is 2. The normalized spacial score (nSPS) is 9.95. The van der Waals surface area contributed by atoms with Gasteiger partial charge < -0.3 is 14.2 Å². The van der Waals surface area contributed by atoms with E-state index in [4.69, 9.17) is 9.47 Å². The van der Waals surface area contributed by atoms with Crippen LogP contribution in [-0.2, 0) is 9.47 Å². The summed E-state index contributed by atoms with van der Waals surface area (Å²) >= 11 is 0. The van der Waals surface area contributed by atoms with Crippen LogP contribution in [0.25, 0.3) is 11.1 Å². The van der Waals surface area contributed by atoms with E-state index in [0.717, 1.165) is 11.1 Å². The summed E-state index contributed by atoms with van der Waals surface area (Å²) < 4.78 is 14.6. The highest BCUT2D eigenvalue weighted by Crippen LogP contribution is 2.27. The molecule has 0 N–H and O–H groups in total. The van der Waals surface area contributed by atoms with Crippen LogP contribution in [0.4, 0.5) is 0 Å². The molecule has 5 heteroatoms. The predicted octanol–water partition coefficient (Wildman–Crippen LogP) is 2.94. The largest absolute Gasteiger partial charge is 0.497 e. The Hall–Kier alpha value is -2.82. The topological polar surface area (TPSA) is 61.8 Å². The monoisotopic (exact) mass is 300 g/mol. The van der Waals surface area contributed by atoms with Gasteiger partial charge in [-0.3, -0.25) is 0 Å². The van der Waals surface area contributed by atoms with Gasteiger partial charge in [-0.2, -0.15) is 0 Å². The highest BCUT2D eigenvalue weighted by molar-refractivity contribution is 5.92. The number of hydrogen-bond donors (Lipinski definition) is 0. The molecule has 5 nitrogen and oxygen atoms in total. The second kappa shape index (κ2) is 6.76. The fraction of sp³-hybridized carbons (Fsp3) is 0.176. The Morgan fingerprint density at radius 3 is 1.86 bits per heavy atom. The van der Waals surface area contributed by atoms with Gasteiger partial charge in [0.1, 0.15) is 5.75 Å². The van der Waals surface area contributed by atoms with Gasteiger partial charge in [0.2, 0.25) is 0 Å². The molecule has 22 heavy (non-hydrogen) atoms. The van der Waals surface area contributed by atoms with E-state index < -0.39 is 11.9 Å². The van der Waals surface area contributed by atoms with Crippen LogP contribution in [0.3, 0.4) is 0 Å². The molecule has 0 fully saturated rings. The van der Waals surface area contributed by atoms with E-state index in [1.54, 1.807) is 42.5 Å². The van der Waals surface area contributed by atoms with Gasteiger partial charge in [-0.25, -0.2) is 9.59 Å². The van der Waals surface area contributed by atoms with Crippen molar-refractivity contribution in [3.05, 3.63) is 53.6 Å². The Balaban J connectivity index is 2.43. The number of carbonyl (C=O) groups excluding carboxylic acids is 2. The van der Waals surface area contributed by atoms with Gasteiger partial charge in [0.05, 0.1) is 32.5 Å². The number of methoxy groups -OCH3 is 3. The van der Waals surface area contributed by atoms with Gasteiger partial charge in [-0.15, -0.1) is 0 Å². The van der Waals surface area contributed by atoms with Gasteiger partial charge in [0.15, 0.2) is 0 Å². The van der Waals surface area contributed by atoms with Crippen LogP contribution in [0.1, 0.15) is 20.7 Å². The summed E-state index contributed by atoms with van der Waals surface area (Å²) in [6.45, 7) is 0. The molecular weight excluding hydrogens is 284 g/mol. The van der Waals surface area contributed by atoms with E-state index in [9.17, 15) is 9.59 Å². The molecule has 0 aliphatic carbocycles. The second-order valence-electron chi connectivity index (χ2n) is 4.51. The maximum Gasteiger partial charge on any atom is 0.338 e. The third kappa shape index (κ3) is 3.25. The third-order valence-electron chi connectivity index (χ3n) is 3.20. The lowest BCUT2D eigenvalue weighted by Crippen LogP contribution is -2.02. The lowest BCUT2D eigenvalue weighted by molar-refractivity contribution is 0.0592. The minimum absolute atomic E-state index is 0.396. The number of hydrogen-bond acceptors (Lipinski definition) is 5. The van der Waals surface area contributed by atoms with Crippen LogP contribution < -0.4 is 4.74 Å². The van der Waals surface area contributed by atoms with Crippen LogP contribution in [-0.4, -0.2) is 33.3 Å². The molecule has 0 radical (unpaired) electrons. The fourth-order valence-electron chi connectivity index (χ4n) is 2.04. The maximum atomic E-state index is 11.7. The first-order valence-electron chi connectivity index (χ1n) is 6.55. The Labute approximate surface area is 128 Å². The molecule has 0 saturated carbocycles. The van der Waals surface area contributed by atoms with Crippen molar-refractivity contribution in [1.82, 2.24) is 0 Å². The summed E-state index contributed by atoms with van der Waals surface area (Å²) in [5.74, 6) is -0.284. The van der Waals surface area contributed by atoms with Crippen molar-refractivity contribution in [3.8, 4) is 16.9 Å². The molecule has 0 bridgehead atoms. The van der Waals surface area contributed by atoms with Crippen molar-refractivity contribution in [2.24, 2.45) is 0 Å². The zero-order valence-corrected chi connectivity index (χ0v) is 12.6. The van der Waals surface area contributed by atoms with Crippen LogP contribution in [0, 0.1) is 0 Å².